The van der Waals surface area contributed by atoms with E-state index in [0.29, 0.717) is 43.8 Å². The number of carbonyl (C=O) groups is 2. The van der Waals surface area contributed by atoms with Crippen molar-refractivity contribution in [2.24, 2.45) is 0 Å². The summed E-state index contributed by atoms with van der Waals surface area (Å²) in [6.45, 7) is 5.10. The lowest BCUT2D eigenvalue weighted by molar-refractivity contribution is -0.141. The van der Waals surface area contributed by atoms with Gasteiger partial charge in [-0.25, -0.2) is 9.59 Å². The van der Waals surface area contributed by atoms with Crippen LogP contribution in [0.15, 0.2) is 21.3 Å². The zero-order chi connectivity index (χ0) is 21.8. The number of nitrogens with one attached hydrogen (secondary N) is 1. The molecule has 2 amide bonds. The molecule has 164 valence electrons. The van der Waals surface area contributed by atoms with Crippen LogP contribution in [0.2, 0.25) is 0 Å². The van der Waals surface area contributed by atoms with Crippen LogP contribution in [0.25, 0.3) is 11.0 Å². The lowest BCUT2D eigenvalue weighted by Gasteiger charge is -2.38. The minimum Gasteiger partial charge on any atom is -0.480 e. The van der Waals surface area contributed by atoms with Gasteiger partial charge in [0.1, 0.15) is 16.9 Å². The molecule has 1 aromatic heterocycles. The van der Waals surface area contributed by atoms with Crippen LogP contribution in [0.5, 0.6) is 5.75 Å². The highest BCUT2D eigenvalue weighted by atomic mass is 16.6. The summed E-state index contributed by atoms with van der Waals surface area (Å²) in [5.41, 5.74) is 2.37. The fourth-order valence-corrected chi connectivity index (χ4v) is 5.00. The standard InChI is InChI=1S/C23H26N2O6/c1-13-18(7-6-16-15-4-3-5-17(15)21(27)30-19(13)16)29-14(2)20(26)25-10-8-23(9-11-25)12-24-22(28)31-23/h6-7,14H,3-5,8-12H2,1-2H3,(H,24,28). The predicted octanol–water partition coefficient (Wildman–Crippen LogP) is 2.46. The third-order valence-electron chi connectivity index (χ3n) is 6.84. The average Bonchev–Trinajstić information content (AvgIpc) is 3.38. The molecule has 1 aliphatic carbocycles. The van der Waals surface area contributed by atoms with Crippen molar-refractivity contribution in [1.82, 2.24) is 10.2 Å². The summed E-state index contributed by atoms with van der Waals surface area (Å²) in [5, 5.41) is 3.65. The Kier molecular flexibility index (Phi) is 4.68. The van der Waals surface area contributed by atoms with Crippen molar-refractivity contribution >= 4 is 23.0 Å². The third-order valence-corrected chi connectivity index (χ3v) is 6.84. The zero-order valence-electron chi connectivity index (χ0n) is 17.8. The summed E-state index contributed by atoms with van der Waals surface area (Å²) < 4.78 is 17.0. The van der Waals surface area contributed by atoms with Crippen LogP contribution in [0, 0.1) is 6.92 Å². The molecule has 2 aliphatic heterocycles. The van der Waals surface area contributed by atoms with E-state index in [1.165, 1.54) is 0 Å². The first-order chi connectivity index (χ1) is 14.9. The molecule has 1 spiro atoms. The molecule has 2 fully saturated rings. The third kappa shape index (κ3) is 3.34. The number of benzene rings is 1. The Bertz CT molecular complexity index is 1130. The fraction of sp³-hybridized carbons (Fsp3) is 0.522. The monoisotopic (exact) mass is 426 g/mol. The van der Waals surface area contributed by atoms with Gasteiger partial charge in [0.25, 0.3) is 5.91 Å². The number of rotatable bonds is 3. The number of amides is 2. The van der Waals surface area contributed by atoms with Crippen molar-refractivity contribution in [1.29, 1.82) is 0 Å². The molecule has 3 aliphatic rings. The lowest BCUT2D eigenvalue weighted by atomic mass is 9.91. The summed E-state index contributed by atoms with van der Waals surface area (Å²) in [4.78, 5) is 38.5. The molecular weight excluding hydrogens is 400 g/mol. The Morgan fingerprint density at radius 1 is 1.19 bits per heavy atom. The van der Waals surface area contributed by atoms with Gasteiger partial charge in [0, 0.05) is 42.4 Å². The molecule has 3 heterocycles. The minimum atomic E-state index is -0.685. The average molecular weight is 426 g/mol. The maximum atomic E-state index is 13.0. The molecular formula is C23H26N2O6. The van der Waals surface area contributed by atoms with E-state index in [-0.39, 0.29) is 17.6 Å². The van der Waals surface area contributed by atoms with Gasteiger partial charge in [-0.3, -0.25) is 4.79 Å². The van der Waals surface area contributed by atoms with Crippen LogP contribution in [0.4, 0.5) is 4.79 Å². The van der Waals surface area contributed by atoms with Crippen LogP contribution in [-0.4, -0.2) is 48.2 Å². The molecule has 1 atom stereocenters. The van der Waals surface area contributed by atoms with Gasteiger partial charge >= 0.3 is 11.7 Å². The summed E-state index contributed by atoms with van der Waals surface area (Å²) in [6, 6.07) is 3.78. The molecule has 31 heavy (non-hydrogen) atoms. The first-order valence-electron chi connectivity index (χ1n) is 10.9. The van der Waals surface area contributed by atoms with E-state index in [0.717, 1.165) is 41.3 Å². The molecule has 0 saturated carbocycles. The predicted molar refractivity (Wildman–Crippen MR) is 112 cm³/mol. The van der Waals surface area contributed by atoms with Gasteiger partial charge in [-0.05, 0) is 50.8 Å². The van der Waals surface area contributed by atoms with Crippen molar-refractivity contribution in [3.05, 3.63) is 39.2 Å². The second-order valence-corrected chi connectivity index (χ2v) is 8.78. The van der Waals surface area contributed by atoms with Gasteiger partial charge in [-0.2, -0.15) is 0 Å². The Morgan fingerprint density at radius 2 is 1.94 bits per heavy atom. The number of likely N-dealkylation sites (tertiary alicyclic amines) is 1. The molecule has 0 radical (unpaired) electrons. The normalized spacial score (nSPS) is 20.5. The lowest BCUT2D eigenvalue weighted by Crippen LogP contribution is -2.51. The maximum absolute atomic E-state index is 13.0. The number of alkyl carbamates (subject to hydrolysis) is 1. The number of hydrogen-bond donors (Lipinski definition) is 1. The second-order valence-electron chi connectivity index (χ2n) is 8.78. The molecule has 2 aromatic rings. The van der Waals surface area contributed by atoms with E-state index in [2.05, 4.69) is 5.32 Å². The quantitative estimate of drug-likeness (QED) is 0.757. The van der Waals surface area contributed by atoms with Crippen molar-refractivity contribution in [2.45, 2.75) is 57.7 Å². The Hall–Kier alpha value is -3.03. The molecule has 8 nitrogen and oxygen atoms in total. The van der Waals surface area contributed by atoms with Crippen LogP contribution in [0.3, 0.4) is 0 Å². The molecule has 5 rings (SSSR count). The van der Waals surface area contributed by atoms with E-state index in [9.17, 15) is 14.4 Å². The minimum absolute atomic E-state index is 0.109. The number of hydrogen-bond acceptors (Lipinski definition) is 6. The maximum Gasteiger partial charge on any atom is 0.407 e. The van der Waals surface area contributed by atoms with Crippen molar-refractivity contribution in [3.8, 4) is 5.75 Å². The second kappa shape index (κ2) is 7.28. The van der Waals surface area contributed by atoms with Crippen LogP contribution in [-0.2, 0) is 22.4 Å². The fourth-order valence-electron chi connectivity index (χ4n) is 5.00. The summed E-state index contributed by atoms with van der Waals surface area (Å²) in [6.07, 6.45) is 2.76. The van der Waals surface area contributed by atoms with Crippen molar-refractivity contribution in [2.75, 3.05) is 19.6 Å². The summed E-state index contributed by atoms with van der Waals surface area (Å²) in [7, 11) is 0. The Morgan fingerprint density at radius 3 is 2.65 bits per heavy atom. The van der Waals surface area contributed by atoms with Crippen LogP contribution in [0.1, 0.15) is 42.9 Å². The topological polar surface area (TPSA) is 98.1 Å². The van der Waals surface area contributed by atoms with E-state index in [1.807, 2.05) is 19.1 Å². The number of aryl methyl sites for hydroxylation is 2. The van der Waals surface area contributed by atoms with Crippen molar-refractivity contribution in [3.63, 3.8) is 0 Å². The number of fused-ring (bicyclic) bond motifs is 3. The molecule has 8 heteroatoms. The van der Waals surface area contributed by atoms with Gasteiger partial charge in [0.15, 0.2) is 6.10 Å². The number of nitrogens with zero attached hydrogens (tertiary/aromatic N) is 1. The van der Waals surface area contributed by atoms with E-state index in [1.54, 1.807) is 11.8 Å². The molecule has 1 unspecified atom stereocenters. The first kappa shape index (κ1) is 19.9. The highest BCUT2D eigenvalue weighted by molar-refractivity contribution is 5.87. The number of carbonyl (C=O) groups excluding carboxylic acids is 2. The smallest absolute Gasteiger partial charge is 0.407 e. The number of piperidine rings is 1. The molecule has 1 N–H and O–H groups in total. The zero-order valence-corrected chi connectivity index (χ0v) is 17.8. The van der Waals surface area contributed by atoms with Gasteiger partial charge in [0.05, 0.1) is 6.54 Å². The van der Waals surface area contributed by atoms with Gasteiger partial charge in [-0.1, -0.05) is 0 Å². The van der Waals surface area contributed by atoms with Gasteiger partial charge in [-0.15, -0.1) is 0 Å². The van der Waals surface area contributed by atoms with Gasteiger partial charge in [0.2, 0.25) is 0 Å². The van der Waals surface area contributed by atoms with Crippen molar-refractivity contribution < 1.29 is 23.5 Å². The highest BCUT2D eigenvalue weighted by Gasteiger charge is 2.44. The SMILES string of the molecule is Cc1c(OC(C)C(=O)N2CCC3(CC2)CNC(=O)O3)ccc2c3c(c(=O)oc12)CCC3. The number of ether oxygens (including phenoxy) is 2. The van der Waals surface area contributed by atoms with Gasteiger partial charge < -0.3 is 24.1 Å². The molecule has 1 aromatic carbocycles. The Balaban J connectivity index is 1.31. The van der Waals surface area contributed by atoms with Crippen LogP contribution < -0.4 is 15.7 Å². The van der Waals surface area contributed by atoms with Crippen LogP contribution >= 0.6 is 0 Å². The highest BCUT2D eigenvalue weighted by Crippen LogP contribution is 2.34. The van der Waals surface area contributed by atoms with E-state index in [4.69, 9.17) is 13.9 Å². The molecule has 0 bridgehead atoms. The summed E-state index contributed by atoms with van der Waals surface area (Å²) in [5.74, 6) is 0.430. The summed E-state index contributed by atoms with van der Waals surface area (Å²) >= 11 is 0. The van der Waals surface area contributed by atoms with E-state index >= 15 is 0 Å². The van der Waals surface area contributed by atoms with E-state index < -0.39 is 11.7 Å². The largest absolute Gasteiger partial charge is 0.480 e. The first-order valence-corrected chi connectivity index (χ1v) is 10.9. The molecule has 2 saturated heterocycles. The Labute approximate surface area is 179 Å².